The van der Waals surface area contributed by atoms with Crippen LogP contribution < -0.4 is 0 Å². The number of non-ortho nitro benzene ring substituents is 2. The molecular weight excluding hydrogens is 382 g/mol. The molecule has 0 unspecified atom stereocenters. The minimum absolute atomic E-state index is 0.00134. The highest BCUT2D eigenvalue weighted by atomic mass is 32.1. The zero-order valence-corrected chi connectivity index (χ0v) is 14.9. The maximum atomic E-state index is 10.9. The average molecular weight is 393 g/mol. The van der Waals surface area contributed by atoms with Gasteiger partial charge in [-0.05, 0) is 47.6 Å². The first-order valence-corrected chi connectivity index (χ1v) is 8.45. The molecule has 1 N–H and O–H groups in total. The molecular formula is C18H11N5O4S. The van der Waals surface area contributed by atoms with Crippen LogP contribution in [-0.2, 0) is 0 Å². The van der Waals surface area contributed by atoms with Gasteiger partial charge in [0.05, 0.1) is 15.5 Å². The van der Waals surface area contributed by atoms with Crippen LogP contribution in [0.15, 0.2) is 60.9 Å². The van der Waals surface area contributed by atoms with E-state index in [2.05, 4.69) is 9.97 Å². The van der Waals surface area contributed by atoms with Crippen molar-refractivity contribution in [3.63, 3.8) is 0 Å². The van der Waals surface area contributed by atoms with Crippen LogP contribution in [0.3, 0.4) is 0 Å². The zero-order valence-electron chi connectivity index (χ0n) is 14.1. The third kappa shape index (κ3) is 3.01. The summed E-state index contributed by atoms with van der Waals surface area (Å²) in [6.07, 6.45) is 3.37. The number of nitrogens with zero attached hydrogens (tertiary/aromatic N) is 4. The van der Waals surface area contributed by atoms with E-state index in [9.17, 15) is 20.2 Å². The van der Waals surface area contributed by atoms with Gasteiger partial charge in [-0.15, -0.1) is 0 Å². The first-order chi connectivity index (χ1) is 13.4. The fraction of sp³-hybridized carbons (Fsp3) is 0. The van der Waals surface area contributed by atoms with Gasteiger partial charge in [0.15, 0.2) is 0 Å². The molecule has 0 aliphatic heterocycles. The molecule has 2 aromatic carbocycles. The molecule has 0 radical (unpaired) electrons. The van der Waals surface area contributed by atoms with Gasteiger partial charge in [0.2, 0.25) is 4.77 Å². The number of aromatic amines is 1. The van der Waals surface area contributed by atoms with Gasteiger partial charge in [-0.3, -0.25) is 24.6 Å². The molecule has 0 saturated carbocycles. The van der Waals surface area contributed by atoms with E-state index < -0.39 is 9.85 Å². The van der Waals surface area contributed by atoms with Crippen molar-refractivity contribution in [2.75, 3.05) is 0 Å². The molecule has 4 rings (SSSR count). The lowest BCUT2D eigenvalue weighted by atomic mass is 10.1. The summed E-state index contributed by atoms with van der Waals surface area (Å²) < 4.78 is 2.04. The number of fused-ring (bicyclic) bond motifs is 1. The topological polar surface area (TPSA) is 119 Å². The SMILES string of the molecule is O=[N+]([O-])c1ccc(-c2cn3c(=S)ncc(-c4ccc([N+](=O)[O-])cc4)c3[nH]2)cc1. The number of aromatic nitrogens is 3. The summed E-state index contributed by atoms with van der Waals surface area (Å²) in [4.78, 5) is 28.3. The molecule has 0 aliphatic carbocycles. The highest BCUT2D eigenvalue weighted by Crippen LogP contribution is 2.28. The van der Waals surface area contributed by atoms with E-state index in [1.807, 2.05) is 0 Å². The molecule has 0 fully saturated rings. The number of nitro groups is 2. The quantitative estimate of drug-likeness (QED) is 0.309. The van der Waals surface area contributed by atoms with Crippen LogP contribution in [0.5, 0.6) is 0 Å². The summed E-state index contributed by atoms with van der Waals surface area (Å²) >= 11 is 5.29. The Morgan fingerprint density at radius 1 is 0.893 bits per heavy atom. The first kappa shape index (κ1) is 17.5. The number of hydrogen-bond donors (Lipinski definition) is 1. The number of H-pyrrole nitrogens is 1. The average Bonchev–Trinajstić information content (AvgIpc) is 3.15. The maximum Gasteiger partial charge on any atom is 0.269 e. The van der Waals surface area contributed by atoms with E-state index in [-0.39, 0.29) is 11.4 Å². The third-order valence-corrected chi connectivity index (χ3v) is 4.60. The number of imidazole rings is 1. The van der Waals surface area contributed by atoms with E-state index >= 15 is 0 Å². The molecule has 0 saturated heterocycles. The first-order valence-electron chi connectivity index (χ1n) is 8.04. The molecule has 0 atom stereocenters. The van der Waals surface area contributed by atoms with Gasteiger partial charge in [0.1, 0.15) is 5.65 Å². The Bertz CT molecular complexity index is 1280. The van der Waals surface area contributed by atoms with Gasteiger partial charge in [-0.1, -0.05) is 0 Å². The van der Waals surface area contributed by atoms with E-state index in [0.29, 0.717) is 16.1 Å². The lowest BCUT2D eigenvalue weighted by Gasteiger charge is -2.03. The van der Waals surface area contributed by atoms with Crippen molar-refractivity contribution in [3.05, 3.63) is 85.9 Å². The van der Waals surface area contributed by atoms with Gasteiger partial charge in [-0.25, -0.2) is 4.98 Å². The van der Waals surface area contributed by atoms with E-state index in [0.717, 1.165) is 16.7 Å². The Morgan fingerprint density at radius 3 is 1.96 bits per heavy atom. The minimum Gasteiger partial charge on any atom is -0.339 e. The Labute approximate surface area is 162 Å². The van der Waals surface area contributed by atoms with Gasteiger partial charge >= 0.3 is 0 Å². The van der Waals surface area contributed by atoms with E-state index in [1.165, 1.54) is 24.3 Å². The van der Waals surface area contributed by atoms with Crippen LogP contribution >= 0.6 is 12.2 Å². The van der Waals surface area contributed by atoms with Gasteiger partial charge in [0.25, 0.3) is 11.4 Å². The summed E-state index contributed by atoms with van der Waals surface area (Å²) in [5.74, 6) is 0. The van der Waals surface area contributed by atoms with Crippen molar-refractivity contribution in [1.82, 2.24) is 14.4 Å². The summed E-state index contributed by atoms with van der Waals surface area (Å²) in [5.41, 5.74) is 3.58. The number of rotatable bonds is 4. The second-order valence-corrected chi connectivity index (χ2v) is 6.31. The summed E-state index contributed by atoms with van der Waals surface area (Å²) in [6, 6.07) is 12.3. The molecule has 4 aromatic rings. The van der Waals surface area contributed by atoms with E-state index in [1.54, 1.807) is 41.1 Å². The molecule has 10 heteroatoms. The summed E-state index contributed by atoms with van der Waals surface area (Å²) in [5, 5.41) is 21.7. The highest BCUT2D eigenvalue weighted by Gasteiger charge is 2.13. The predicted molar refractivity (Wildman–Crippen MR) is 105 cm³/mol. The number of nitro benzene ring substituents is 2. The van der Waals surface area contributed by atoms with Crippen LogP contribution in [0, 0.1) is 25.0 Å². The van der Waals surface area contributed by atoms with E-state index in [4.69, 9.17) is 12.2 Å². The summed E-state index contributed by atoms with van der Waals surface area (Å²) in [6.45, 7) is 0. The fourth-order valence-electron chi connectivity index (χ4n) is 2.89. The molecule has 2 aromatic heterocycles. The lowest BCUT2D eigenvalue weighted by Crippen LogP contribution is -1.93. The fourth-order valence-corrected chi connectivity index (χ4v) is 3.08. The normalized spacial score (nSPS) is 10.9. The van der Waals surface area contributed by atoms with Crippen molar-refractivity contribution < 1.29 is 9.85 Å². The molecule has 0 bridgehead atoms. The molecule has 138 valence electrons. The van der Waals surface area contributed by atoms with Gasteiger partial charge < -0.3 is 4.98 Å². The zero-order chi connectivity index (χ0) is 19.8. The number of benzene rings is 2. The highest BCUT2D eigenvalue weighted by molar-refractivity contribution is 7.71. The Balaban J connectivity index is 1.83. The van der Waals surface area contributed by atoms with Crippen LogP contribution in [0.1, 0.15) is 0 Å². The Kier molecular flexibility index (Phi) is 4.17. The number of hydrogen-bond acceptors (Lipinski definition) is 6. The van der Waals surface area contributed by atoms with Crippen molar-refractivity contribution in [1.29, 1.82) is 0 Å². The molecule has 0 aliphatic rings. The summed E-state index contributed by atoms with van der Waals surface area (Å²) in [7, 11) is 0. The van der Waals surface area contributed by atoms with Gasteiger partial charge in [-0.2, -0.15) is 0 Å². The van der Waals surface area contributed by atoms with Gasteiger partial charge in [0, 0.05) is 42.2 Å². The molecule has 9 nitrogen and oxygen atoms in total. The van der Waals surface area contributed by atoms with Crippen molar-refractivity contribution in [2.45, 2.75) is 0 Å². The second kappa shape index (κ2) is 6.67. The standard InChI is InChI=1S/C18H11N5O4S/c24-22(25)13-5-1-11(2-6-13)15-9-19-18(28)21-10-16(20-17(15)21)12-3-7-14(8-4-12)23(26)27/h1-10,20H. The van der Waals surface area contributed by atoms with Crippen molar-refractivity contribution in [2.24, 2.45) is 0 Å². The number of nitrogens with one attached hydrogen (secondary N) is 1. The third-order valence-electron chi connectivity index (χ3n) is 4.30. The molecule has 0 amide bonds. The molecule has 2 heterocycles. The van der Waals surface area contributed by atoms with Crippen LogP contribution in [0.4, 0.5) is 11.4 Å². The molecule has 28 heavy (non-hydrogen) atoms. The van der Waals surface area contributed by atoms with Crippen molar-refractivity contribution in [3.8, 4) is 22.4 Å². The maximum absolute atomic E-state index is 10.9. The monoisotopic (exact) mass is 393 g/mol. The predicted octanol–water partition coefficient (Wildman–Crippen LogP) is 4.54. The molecule has 0 spiro atoms. The van der Waals surface area contributed by atoms with Crippen LogP contribution in [-0.4, -0.2) is 24.2 Å². The second-order valence-electron chi connectivity index (χ2n) is 5.95. The van der Waals surface area contributed by atoms with Crippen LogP contribution in [0.25, 0.3) is 28.0 Å². The largest absolute Gasteiger partial charge is 0.339 e. The smallest absolute Gasteiger partial charge is 0.269 e. The Morgan fingerprint density at radius 2 is 1.43 bits per heavy atom. The Hall–Kier alpha value is -3.92. The minimum atomic E-state index is -0.458. The lowest BCUT2D eigenvalue weighted by molar-refractivity contribution is -0.385. The van der Waals surface area contributed by atoms with Crippen LogP contribution in [0.2, 0.25) is 0 Å². The van der Waals surface area contributed by atoms with Crippen molar-refractivity contribution >= 4 is 29.2 Å².